The quantitative estimate of drug-likeness (QED) is 0.00660. The molecule has 40 heteroatoms. The maximum atomic E-state index is 13.1. The summed E-state index contributed by atoms with van der Waals surface area (Å²) < 4.78 is 158. The first kappa shape index (κ1) is 97.9. The first-order chi connectivity index (χ1) is 54.6. The second kappa shape index (κ2) is 38.3. The number of carbonyl (C=O) groups is 2. The number of hydrogen-bond donors (Lipinski definition) is 6. The maximum Gasteiger partial charge on any atom is 0.522 e. The van der Waals surface area contributed by atoms with E-state index in [9.17, 15) is 60.8 Å². The van der Waals surface area contributed by atoms with E-state index in [2.05, 4.69) is 59.9 Å². The van der Waals surface area contributed by atoms with Crippen LogP contribution in [0.2, 0.25) is 0 Å². The van der Waals surface area contributed by atoms with Crippen molar-refractivity contribution in [2.24, 2.45) is 67.4 Å². The molecule has 4 aromatic rings. The number of hydrogen-bond acceptors (Lipinski definition) is 22. The van der Waals surface area contributed by atoms with E-state index < -0.39 is 107 Å². The van der Waals surface area contributed by atoms with Gasteiger partial charge in [0, 0.05) is 64.1 Å². The number of fused-ring (bicyclic) bond motifs is 10. The number of benzene rings is 2. The molecule has 14 rings (SSSR count). The molecule has 2 aromatic heterocycles. The molecule has 2 aliphatic heterocycles. The van der Waals surface area contributed by atoms with Gasteiger partial charge >= 0.3 is 54.4 Å². The van der Waals surface area contributed by atoms with Crippen LogP contribution in [0.5, 0.6) is 0 Å². The summed E-state index contributed by atoms with van der Waals surface area (Å²) in [6.07, 6.45) is 18.3. The summed E-state index contributed by atoms with van der Waals surface area (Å²) in [4.78, 5) is 54.3. The van der Waals surface area contributed by atoms with Crippen LogP contribution in [0.3, 0.4) is 0 Å². The Labute approximate surface area is 711 Å². The van der Waals surface area contributed by atoms with Crippen molar-refractivity contribution in [3.05, 3.63) is 185 Å². The number of ether oxygens (including phenoxy) is 6. The van der Waals surface area contributed by atoms with Crippen LogP contribution in [0.15, 0.2) is 149 Å². The monoisotopic (exact) mass is 1830 g/mol. The molecule has 2 saturated heterocycles. The minimum Gasteiger partial charge on any atom is -0.453 e. The van der Waals surface area contributed by atoms with Gasteiger partial charge in [-0.3, -0.25) is 14.5 Å². The Kier molecular flexibility index (Phi) is 31.5. The predicted octanol–water partition coefficient (Wildman–Crippen LogP) is 16.9. The molecule has 6 unspecified atom stereocenters. The molecule has 6 saturated carbocycles. The predicted molar refractivity (Wildman–Crippen MR) is 419 cm³/mol. The normalized spacial score (nSPS) is 34.9. The average Bonchev–Trinajstić information content (AvgIpc) is 1.62. The third kappa shape index (κ3) is 20.8. The number of azide groups is 2. The molecule has 4 heterocycles. The van der Waals surface area contributed by atoms with Crippen molar-refractivity contribution in [3.63, 3.8) is 0 Å². The molecule has 0 radical (unpaired) electrons. The molecule has 2 aromatic carbocycles. The van der Waals surface area contributed by atoms with E-state index in [1.807, 2.05) is 25.1 Å². The molecular formula is C79H98Cl3F6N7O21S2Zn. The zero-order chi connectivity index (χ0) is 86.0. The van der Waals surface area contributed by atoms with E-state index in [4.69, 9.17) is 114 Å². The second-order valence-electron chi connectivity index (χ2n) is 32.7. The van der Waals surface area contributed by atoms with Gasteiger partial charge in [0.15, 0.2) is 18.5 Å². The van der Waals surface area contributed by atoms with Gasteiger partial charge < -0.3 is 52.6 Å². The number of allylic oxidation sites excluding steroid dienone is 2. The van der Waals surface area contributed by atoms with Gasteiger partial charge in [0.1, 0.15) is 0 Å². The van der Waals surface area contributed by atoms with Crippen molar-refractivity contribution in [1.29, 1.82) is 5.41 Å². The first-order valence-electron chi connectivity index (χ1n) is 38.2. The third-order valence-corrected chi connectivity index (χ3v) is 28.4. The van der Waals surface area contributed by atoms with Crippen LogP contribution in [0.4, 0.5) is 26.3 Å². The minimum absolute atomic E-state index is 0. The number of aliphatic hydroxyl groups excluding tert-OH is 1. The van der Waals surface area contributed by atoms with E-state index in [1.165, 1.54) is 23.3 Å². The Morgan fingerprint density at radius 3 is 1.33 bits per heavy atom. The number of aliphatic hydroxyl groups is 3. The summed E-state index contributed by atoms with van der Waals surface area (Å²) >= 11 is 16.9. The van der Waals surface area contributed by atoms with Gasteiger partial charge in [-0.05, 0) is 208 Å². The molecule has 28 nitrogen and oxygen atoms in total. The molecule has 0 amide bonds. The summed E-state index contributed by atoms with van der Waals surface area (Å²) in [6, 6.07) is 22.8. The Morgan fingerprint density at radius 1 is 0.563 bits per heavy atom. The number of nitrogens with one attached hydrogen (secondary N) is 1. The molecule has 10 aliphatic rings. The summed E-state index contributed by atoms with van der Waals surface area (Å²) in [5.74, 6) is -0.768. The fourth-order valence-corrected chi connectivity index (χ4v) is 20.4. The van der Waals surface area contributed by atoms with Gasteiger partial charge in [-0.1, -0.05) is 154 Å². The molecular weight excluding hydrogens is 1730 g/mol. The summed E-state index contributed by atoms with van der Waals surface area (Å²) in [5.41, 5.74) is 9.88. The van der Waals surface area contributed by atoms with Crippen molar-refractivity contribution in [2.75, 3.05) is 13.2 Å². The van der Waals surface area contributed by atoms with Gasteiger partial charge in [-0.25, -0.2) is 19.2 Å². The van der Waals surface area contributed by atoms with Crippen molar-refractivity contribution in [2.45, 2.75) is 239 Å². The van der Waals surface area contributed by atoms with E-state index in [1.54, 1.807) is 74.0 Å². The molecule has 652 valence electrons. The van der Waals surface area contributed by atoms with E-state index in [-0.39, 0.29) is 109 Å². The van der Waals surface area contributed by atoms with Gasteiger partial charge in [0.05, 0.1) is 72.4 Å². The topological polar surface area (TPSA) is 441 Å². The van der Waals surface area contributed by atoms with Gasteiger partial charge in [-0.15, -0.1) is 0 Å². The Balaban J connectivity index is 0.000000211. The summed E-state index contributed by atoms with van der Waals surface area (Å²) in [6.45, 7) is 13.1. The van der Waals surface area contributed by atoms with Crippen LogP contribution in [0, 0.1) is 62.6 Å². The summed E-state index contributed by atoms with van der Waals surface area (Å²) in [7, 11) is -11.7. The fraction of sp³-hybridized carbons (Fsp3) is 0.633. The van der Waals surface area contributed by atoms with Crippen molar-refractivity contribution >= 4 is 72.9 Å². The van der Waals surface area contributed by atoms with E-state index in [0.717, 1.165) is 114 Å². The zero-order valence-electron chi connectivity index (χ0n) is 65.2. The van der Waals surface area contributed by atoms with E-state index in [0.29, 0.717) is 28.9 Å². The molecule has 0 bridgehead atoms. The van der Waals surface area contributed by atoms with Crippen LogP contribution in [0.1, 0.15) is 195 Å². The van der Waals surface area contributed by atoms with Crippen LogP contribution < -0.4 is 11.3 Å². The number of alkyl halides is 9. The van der Waals surface area contributed by atoms with Gasteiger partial charge in [0.25, 0.3) is 3.79 Å². The van der Waals surface area contributed by atoms with Crippen LogP contribution in [-0.4, -0.2) is 147 Å². The molecule has 8 fully saturated rings. The Hall–Kier alpha value is -6.50. The van der Waals surface area contributed by atoms with Crippen molar-refractivity contribution in [3.8, 4) is 0 Å². The van der Waals surface area contributed by atoms with Crippen LogP contribution in [-0.2, 0) is 68.1 Å². The van der Waals surface area contributed by atoms with Crippen molar-refractivity contribution < 1.29 is 134 Å². The Bertz CT molecular complexity index is 4720. The number of halogens is 9. The molecule has 0 spiro atoms. The molecule has 119 heavy (non-hydrogen) atoms. The summed E-state index contributed by atoms with van der Waals surface area (Å²) in [5, 5.41) is 50.1. The smallest absolute Gasteiger partial charge is 0.453 e. The first-order valence-corrected chi connectivity index (χ1v) is 42.2. The molecule has 8 aliphatic carbocycles. The molecule has 22 atom stereocenters. The van der Waals surface area contributed by atoms with Crippen LogP contribution >= 0.6 is 34.8 Å². The Morgan fingerprint density at radius 2 is 0.950 bits per heavy atom. The third-order valence-electron chi connectivity index (χ3n) is 26.7. The van der Waals surface area contributed by atoms with Crippen molar-refractivity contribution in [1.82, 2.24) is 0 Å². The largest absolute Gasteiger partial charge is 0.522 e. The van der Waals surface area contributed by atoms with Gasteiger partial charge in [0.2, 0.25) is 12.2 Å². The zero-order valence-corrected chi connectivity index (χ0v) is 72.1. The molecule has 6 N–H and O–H groups in total. The SMILES string of the molecule is C.C[C@H]1[C@@H](N=[N+]=[N-])COC(OC(=N)C(Cl)(Cl)Cl)[C@H]1OC(=O)c1ccccc1.C[C@H]1[C@@H](N=[N+]=[N-])COC(O[C@@H]2C=C3CCC4C(CC[C@]5(C)[C@@H](c6ccc(=O)oc6)CC[C@]45O)[C@@]3(C)CC2)[C@H]1OC(=O)c1ccccc1.C[C@]12CC[C@H](O)C=C1CCC1C2CC[C@]2(C)[C@@H](c3ccc(=O)oc3)CC[C@]12O.O=S(=O)(O)C(F)(F)F.O=S(=O)(O)C(F)(F)F.[Zn]. The average molecular weight is 1830 g/mol. The van der Waals surface area contributed by atoms with Gasteiger partial charge in [-0.2, -0.15) is 43.2 Å². The fourth-order valence-electron chi connectivity index (χ4n) is 20.3. The number of esters is 2. The second-order valence-corrected chi connectivity index (χ2v) is 37.8. The van der Waals surface area contributed by atoms with Crippen LogP contribution in [0.25, 0.3) is 20.9 Å². The number of carbonyl (C=O) groups excluding carboxylic acids is 2. The minimum atomic E-state index is -5.84. The number of rotatable bonds is 11. The van der Waals surface area contributed by atoms with E-state index >= 15 is 0 Å². The maximum absolute atomic E-state index is 13.1. The standard InChI is InChI=1S/C37H45N3O7.C24H32O4.C15H15Cl3N4O4.2CHF3O3S.CH4.Zn/c1-22-30(39-40-38)21-45-34(32(22)47-33(42)23-7-5-4-6-8-23)46-26-13-16-35(2)25(19-26)10-11-29-28(35)14-17-36(3)27(15-18-37(29,36)43)24-9-12-31(41)44-20-24;1-22-10-7-17(25)13-16(22)4-5-20-19(22)8-11-23(2)18(9-12-24(20,23)27)15-3-6-21(26)28-14-15;1-8-10(21-22-20)7-24-13(26-14(19)15(16,17)18)11(8)25-12(23)9-5-3-2-4-6-9;2*2-1(3,4)8(5,6)7;;/h4-9,12,19-20,22,26-30,32,34,43H,10-11,13-18,21H2,1-3H3;3,6,13-14,17-20,25,27H,4-5,7-12H2,1-2H3;2-6,8,10-11,13,19H,7H2,1H3;2*(H,5,6,7);1H4;/t22-,26-,27+,28?,29?,30-,32-,34?,35-,36+,37-;17-,18+,19?,20?,22-,23+,24-;8-,10-,11-,13?;;;;/m000..../s1. The number of nitrogens with zero attached hydrogens (tertiary/aromatic N) is 6.